The first-order valence-electron chi connectivity index (χ1n) is 5.76. The van der Waals surface area contributed by atoms with Crippen LogP contribution < -0.4 is 4.74 Å². The second-order valence-corrected chi connectivity index (χ2v) is 4.37. The van der Waals surface area contributed by atoms with Crippen LogP contribution in [0.4, 0.5) is 8.78 Å². The Hall–Kier alpha value is -2.21. The van der Waals surface area contributed by atoms with E-state index >= 15 is 0 Å². The summed E-state index contributed by atoms with van der Waals surface area (Å²) < 4.78 is 37.2. The van der Waals surface area contributed by atoms with E-state index in [-0.39, 0.29) is 27.7 Å². The minimum absolute atomic E-state index is 0.0665. The zero-order valence-electron chi connectivity index (χ0n) is 11.1. The third-order valence-electron chi connectivity index (χ3n) is 2.73. The van der Waals surface area contributed by atoms with Crippen molar-refractivity contribution in [3.8, 4) is 17.0 Å². The third kappa shape index (κ3) is 2.80. The molecule has 0 radical (unpaired) electrons. The van der Waals surface area contributed by atoms with Crippen LogP contribution in [0.15, 0.2) is 24.3 Å². The number of hydrogen-bond donors (Lipinski definition) is 0. The highest BCUT2D eigenvalue weighted by Gasteiger charge is 2.21. The van der Waals surface area contributed by atoms with Crippen molar-refractivity contribution in [2.45, 2.75) is 0 Å². The summed E-state index contributed by atoms with van der Waals surface area (Å²) in [7, 11) is 2.39. The molecule has 0 aliphatic rings. The maximum absolute atomic E-state index is 14.1. The molecule has 21 heavy (non-hydrogen) atoms. The van der Waals surface area contributed by atoms with E-state index in [0.29, 0.717) is 0 Å². The van der Waals surface area contributed by atoms with Crippen LogP contribution in [0.3, 0.4) is 0 Å². The van der Waals surface area contributed by atoms with Gasteiger partial charge in [-0.1, -0.05) is 17.7 Å². The Balaban J connectivity index is 2.70. The van der Waals surface area contributed by atoms with E-state index in [0.717, 1.165) is 19.2 Å². The van der Waals surface area contributed by atoms with Gasteiger partial charge in [-0.05, 0) is 18.2 Å². The highest BCUT2D eigenvalue weighted by molar-refractivity contribution is 6.33. The van der Waals surface area contributed by atoms with Crippen molar-refractivity contribution in [2.75, 3.05) is 14.2 Å². The van der Waals surface area contributed by atoms with Crippen molar-refractivity contribution < 1.29 is 23.0 Å². The number of hydrogen-bond acceptors (Lipinski definition) is 4. The number of esters is 1. The van der Waals surface area contributed by atoms with Crippen molar-refractivity contribution in [2.24, 2.45) is 0 Å². The maximum Gasteiger partial charge on any atom is 0.358 e. The molecule has 0 atom stereocenters. The van der Waals surface area contributed by atoms with E-state index in [2.05, 4.69) is 9.72 Å². The first-order valence-corrected chi connectivity index (χ1v) is 6.14. The second-order valence-electron chi connectivity index (χ2n) is 3.96. The molecular weight excluding hydrogens is 304 g/mol. The SMILES string of the molecule is COC(=O)c1nc(-c2cccc(F)c2OC)c(F)cc1Cl. The van der Waals surface area contributed by atoms with Crippen molar-refractivity contribution in [1.29, 1.82) is 0 Å². The summed E-state index contributed by atoms with van der Waals surface area (Å²) in [6, 6.07) is 4.88. The minimum atomic E-state index is -0.823. The zero-order valence-corrected chi connectivity index (χ0v) is 11.9. The quantitative estimate of drug-likeness (QED) is 0.814. The van der Waals surface area contributed by atoms with E-state index in [4.69, 9.17) is 16.3 Å². The molecule has 0 saturated heterocycles. The molecule has 2 aromatic rings. The Morgan fingerprint density at radius 1 is 1.24 bits per heavy atom. The van der Waals surface area contributed by atoms with Gasteiger partial charge in [0.15, 0.2) is 23.1 Å². The van der Waals surface area contributed by atoms with E-state index in [1.807, 2.05) is 0 Å². The number of aromatic nitrogens is 1. The second kappa shape index (κ2) is 6.05. The Morgan fingerprint density at radius 2 is 1.95 bits per heavy atom. The van der Waals surface area contributed by atoms with E-state index in [1.54, 1.807) is 0 Å². The van der Waals surface area contributed by atoms with Crippen LogP contribution >= 0.6 is 11.6 Å². The summed E-state index contributed by atoms with van der Waals surface area (Å²) >= 11 is 5.76. The van der Waals surface area contributed by atoms with Gasteiger partial charge >= 0.3 is 5.97 Å². The number of methoxy groups -OCH3 is 2. The molecule has 0 unspecified atom stereocenters. The topological polar surface area (TPSA) is 48.4 Å². The number of pyridine rings is 1. The molecule has 0 bridgehead atoms. The molecule has 4 nitrogen and oxygen atoms in total. The van der Waals surface area contributed by atoms with Gasteiger partial charge < -0.3 is 9.47 Å². The van der Waals surface area contributed by atoms with E-state index in [1.165, 1.54) is 19.2 Å². The summed E-state index contributed by atoms with van der Waals surface area (Å²) in [5.41, 5.74) is -0.449. The number of carbonyl (C=O) groups excluding carboxylic acids is 1. The monoisotopic (exact) mass is 313 g/mol. The number of halogens is 3. The fourth-order valence-electron chi connectivity index (χ4n) is 1.80. The fraction of sp³-hybridized carbons (Fsp3) is 0.143. The molecule has 7 heteroatoms. The summed E-state index contributed by atoms with van der Waals surface area (Å²) in [5.74, 6) is -2.49. The van der Waals surface area contributed by atoms with Gasteiger partial charge in [0, 0.05) is 5.56 Å². The van der Waals surface area contributed by atoms with Crippen molar-refractivity contribution >= 4 is 17.6 Å². The van der Waals surface area contributed by atoms with Gasteiger partial charge in [0.2, 0.25) is 0 Å². The largest absolute Gasteiger partial charge is 0.493 e. The molecule has 1 heterocycles. The Bertz CT molecular complexity index is 707. The number of benzene rings is 1. The van der Waals surface area contributed by atoms with Crippen molar-refractivity contribution in [3.63, 3.8) is 0 Å². The lowest BCUT2D eigenvalue weighted by Crippen LogP contribution is -2.08. The number of rotatable bonds is 3. The Kier molecular flexibility index (Phi) is 4.37. The zero-order chi connectivity index (χ0) is 15.6. The lowest BCUT2D eigenvalue weighted by Gasteiger charge is -2.11. The number of carbonyl (C=O) groups is 1. The van der Waals surface area contributed by atoms with Crippen LogP contribution in [-0.2, 0) is 4.74 Å². The highest BCUT2D eigenvalue weighted by Crippen LogP contribution is 2.34. The third-order valence-corrected chi connectivity index (χ3v) is 3.02. The van der Waals surface area contributed by atoms with Crippen molar-refractivity contribution in [3.05, 3.63) is 46.6 Å². The molecule has 0 spiro atoms. The molecule has 0 aliphatic heterocycles. The number of nitrogens with zero attached hydrogens (tertiary/aromatic N) is 1. The lowest BCUT2D eigenvalue weighted by atomic mass is 10.1. The van der Waals surface area contributed by atoms with Gasteiger partial charge in [-0.2, -0.15) is 0 Å². The first-order chi connectivity index (χ1) is 9.99. The van der Waals surface area contributed by atoms with E-state index in [9.17, 15) is 13.6 Å². The van der Waals surface area contributed by atoms with Gasteiger partial charge in [0.05, 0.1) is 19.2 Å². The van der Waals surface area contributed by atoms with Gasteiger partial charge in [-0.15, -0.1) is 0 Å². The van der Waals surface area contributed by atoms with Crippen LogP contribution in [0.1, 0.15) is 10.5 Å². The smallest absolute Gasteiger partial charge is 0.358 e. The van der Waals surface area contributed by atoms with Gasteiger partial charge in [0.25, 0.3) is 0 Å². The van der Waals surface area contributed by atoms with Crippen LogP contribution in [0.25, 0.3) is 11.3 Å². The van der Waals surface area contributed by atoms with Gasteiger partial charge in [-0.3, -0.25) is 0 Å². The molecule has 0 aliphatic carbocycles. The van der Waals surface area contributed by atoms with Crippen LogP contribution in [0, 0.1) is 11.6 Å². The summed E-state index contributed by atoms with van der Waals surface area (Å²) in [6.45, 7) is 0. The molecule has 110 valence electrons. The molecule has 1 aromatic heterocycles. The Morgan fingerprint density at radius 3 is 2.57 bits per heavy atom. The predicted octanol–water partition coefficient (Wildman–Crippen LogP) is 3.48. The van der Waals surface area contributed by atoms with Crippen LogP contribution in [0.5, 0.6) is 5.75 Å². The van der Waals surface area contributed by atoms with Crippen LogP contribution in [0.2, 0.25) is 5.02 Å². The Labute approximate surface area is 124 Å². The summed E-state index contributed by atoms with van der Waals surface area (Å²) in [6.07, 6.45) is 0. The molecule has 0 fully saturated rings. The summed E-state index contributed by atoms with van der Waals surface area (Å²) in [5, 5.41) is -0.196. The minimum Gasteiger partial charge on any atom is -0.493 e. The van der Waals surface area contributed by atoms with Gasteiger partial charge in [0.1, 0.15) is 5.69 Å². The molecule has 2 rings (SSSR count). The van der Waals surface area contributed by atoms with Crippen LogP contribution in [-0.4, -0.2) is 25.2 Å². The first kappa shape index (κ1) is 15.2. The average molecular weight is 314 g/mol. The molecule has 0 amide bonds. The maximum atomic E-state index is 14.1. The lowest BCUT2D eigenvalue weighted by molar-refractivity contribution is 0.0594. The standard InChI is InChI=1S/C14H10ClF2NO3/c1-20-13-7(4-3-5-9(13)16)11-10(17)6-8(15)12(18-11)14(19)21-2/h3-6H,1-2H3. The fourth-order valence-corrected chi connectivity index (χ4v) is 2.01. The molecule has 0 saturated carbocycles. The normalized spacial score (nSPS) is 10.3. The molecular formula is C14H10ClF2NO3. The number of ether oxygens (including phenoxy) is 2. The molecule has 0 N–H and O–H groups in total. The summed E-state index contributed by atoms with van der Waals surface area (Å²) in [4.78, 5) is 15.4. The van der Waals surface area contributed by atoms with Gasteiger partial charge in [-0.25, -0.2) is 18.6 Å². The van der Waals surface area contributed by atoms with E-state index < -0.39 is 17.6 Å². The average Bonchev–Trinajstić information content (AvgIpc) is 2.46. The van der Waals surface area contributed by atoms with Crippen molar-refractivity contribution in [1.82, 2.24) is 4.98 Å². The predicted molar refractivity (Wildman–Crippen MR) is 72.5 cm³/mol. The molecule has 1 aromatic carbocycles. The highest BCUT2D eigenvalue weighted by atomic mass is 35.5. The number of para-hydroxylation sites is 1.